The second-order valence-corrected chi connectivity index (χ2v) is 9.08. The van der Waals surface area contributed by atoms with E-state index < -0.39 is 32.4 Å². The smallest absolute Gasteiger partial charge is 0.240 e. The Balaban J connectivity index is 1.50. The number of benzene rings is 2. The van der Waals surface area contributed by atoms with Crippen molar-refractivity contribution in [3.05, 3.63) is 59.4 Å². The Bertz CT molecular complexity index is 1130. The molecule has 0 unspecified atom stereocenters. The summed E-state index contributed by atoms with van der Waals surface area (Å²) in [6.45, 7) is 2.55. The first kappa shape index (κ1) is 23.7. The number of anilines is 1. The van der Waals surface area contributed by atoms with Crippen LogP contribution < -0.4 is 9.62 Å². The Labute approximate surface area is 183 Å². The average Bonchev–Trinajstić information content (AvgIpc) is 2.75. The number of carbonyl (C=O) groups excluding carboxylic acids is 2. The van der Waals surface area contributed by atoms with E-state index in [0.717, 1.165) is 6.07 Å². The van der Waals surface area contributed by atoms with Crippen molar-refractivity contribution in [3.63, 3.8) is 0 Å². The summed E-state index contributed by atoms with van der Waals surface area (Å²) < 4.78 is 67.1. The van der Waals surface area contributed by atoms with Crippen LogP contribution in [-0.2, 0) is 14.8 Å². The number of carbonyl (C=O) groups is 2. The van der Waals surface area contributed by atoms with Crippen molar-refractivity contribution in [2.45, 2.75) is 18.2 Å². The second-order valence-electron chi connectivity index (χ2n) is 7.31. The molecule has 1 fully saturated rings. The van der Waals surface area contributed by atoms with Gasteiger partial charge in [0.15, 0.2) is 17.4 Å². The molecule has 1 aliphatic heterocycles. The lowest BCUT2D eigenvalue weighted by Crippen LogP contribution is -2.49. The van der Waals surface area contributed by atoms with E-state index in [9.17, 15) is 31.2 Å². The lowest BCUT2D eigenvalue weighted by atomic mass is 10.1. The van der Waals surface area contributed by atoms with Crippen LogP contribution in [0.15, 0.2) is 41.3 Å². The monoisotopic (exact) mass is 469 g/mol. The maximum Gasteiger partial charge on any atom is 0.240 e. The molecule has 2 aromatic carbocycles. The fourth-order valence-electron chi connectivity index (χ4n) is 3.36. The maximum atomic E-state index is 14.3. The fourth-order valence-corrected chi connectivity index (χ4v) is 4.40. The molecule has 1 amide bonds. The number of rotatable bonds is 7. The highest BCUT2D eigenvalue weighted by atomic mass is 32.2. The number of ketones is 1. The van der Waals surface area contributed by atoms with Gasteiger partial charge in [-0.05, 0) is 43.3 Å². The van der Waals surface area contributed by atoms with Crippen LogP contribution in [0, 0.1) is 17.5 Å². The highest BCUT2D eigenvalue weighted by Gasteiger charge is 2.24. The third kappa shape index (κ3) is 5.46. The van der Waals surface area contributed by atoms with Gasteiger partial charge in [0.25, 0.3) is 0 Å². The summed E-state index contributed by atoms with van der Waals surface area (Å²) in [7, 11) is -4.09. The van der Waals surface area contributed by atoms with Crippen LogP contribution in [0.25, 0.3) is 0 Å². The third-order valence-corrected chi connectivity index (χ3v) is 6.62. The predicted molar refractivity (Wildman–Crippen MR) is 111 cm³/mol. The number of halogens is 3. The lowest BCUT2D eigenvalue weighted by Gasteiger charge is -2.36. The van der Waals surface area contributed by atoms with Crippen LogP contribution in [0.2, 0.25) is 0 Å². The van der Waals surface area contributed by atoms with Gasteiger partial charge in [0.2, 0.25) is 15.9 Å². The number of sulfonamides is 1. The first-order chi connectivity index (χ1) is 15.1. The number of nitrogens with one attached hydrogen (secondary N) is 1. The summed E-state index contributed by atoms with van der Waals surface area (Å²) in [4.78, 5) is 26.6. The summed E-state index contributed by atoms with van der Waals surface area (Å²) in [5.41, 5.74) is 0.632. The topological polar surface area (TPSA) is 86.8 Å². The van der Waals surface area contributed by atoms with Gasteiger partial charge in [-0.25, -0.2) is 26.3 Å². The Morgan fingerprint density at radius 3 is 2.22 bits per heavy atom. The van der Waals surface area contributed by atoms with Crippen molar-refractivity contribution in [2.75, 3.05) is 37.6 Å². The largest absolute Gasteiger partial charge is 0.366 e. The van der Waals surface area contributed by atoms with Gasteiger partial charge in [0, 0.05) is 44.7 Å². The Hall–Kier alpha value is -2.92. The molecule has 0 bridgehead atoms. The summed E-state index contributed by atoms with van der Waals surface area (Å²) in [5.74, 6) is -3.47. The Morgan fingerprint density at radius 1 is 0.938 bits per heavy atom. The first-order valence-electron chi connectivity index (χ1n) is 9.86. The van der Waals surface area contributed by atoms with Crippen LogP contribution >= 0.6 is 0 Å². The van der Waals surface area contributed by atoms with E-state index in [1.807, 2.05) is 0 Å². The summed E-state index contributed by atoms with van der Waals surface area (Å²) in [5, 5.41) is 0. The number of hydrogen-bond donors (Lipinski definition) is 1. The fraction of sp³-hybridized carbons (Fsp3) is 0.333. The van der Waals surface area contributed by atoms with Crippen molar-refractivity contribution in [2.24, 2.45) is 0 Å². The molecule has 1 saturated heterocycles. The van der Waals surface area contributed by atoms with Crippen LogP contribution in [-0.4, -0.2) is 57.7 Å². The van der Waals surface area contributed by atoms with Gasteiger partial charge < -0.3 is 9.80 Å². The van der Waals surface area contributed by atoms with E-state index >= 15 is 0 Å². The summed E-state index contributed by atoms with van der Waals surface area (Å²) in [6, 6.07) is 6.50. The molecule has 1 aliphatic rings. The summed E-state index contributed by atoms with van der Waals surface area (Å²) in [6.07, 6.45) is -0.120. The SMILES string of the molecule is CC(=O)c1ccc(N2CCN(C(=O)CCNS(=O)(=O)c3ccc(F)c(F)c3)CC2)c(F)c1. The van der Waals surface area contributed by atoms with Gasteiger partial charge in [-0.15, -0.1) is 0 Å². The number of hydrogen-bond acceptors (Lipinski definition) is 5. The van der Waals surface area contributed by atoms with Gasteiger partial charge in [-0.2, -0.15) is 0 Å². The average molecular weight is 469 g/mol. The zero-order valence-electron chi connectivity index (χ0n) is 17.3. The van der Waals surface area contributed by atoms with E-state index in [4.69, 9.17) is 0 Å². The van der Waals surface area contributed by atoms with E-state index in [-0.39, 0.29) is 30.2 Å². The normalized spacial score (nSPS) is 14.5. The van der Waals surface area contributed by atoms with Crippen LogP contribution in [0.4, 0.5) is 18.9 Å². The minimum Gasteiger partial charge on any atom is -0.366 e. The molecule has 0 atom stereocenters. The zero-order valence-corrected chi connectivity index (χ0v) is 18.1. The van der Waals surface area contributed by atoms with Gasteiger partial charge in [-0.3, -0.25) is 9.59 Å². The molecule has 1 N–H and O–H groups in total. The molecule has 3 rings (SSSR count). The molecule has 0 aromatic heterocycles. The molecule has 0 radical (unpaired) electrons. The van der Waals surface area contributed by atoms with E-state index in [2.05, 4.69) is 4.72 Å². The van der Waals surface area contributed by atoms with E-state index in [0.29, 0.717) is 44.0 Å². The zero-order chi connectivity index (χ0) is 23.5. The van der Waals surface area contributed by atoms with Gasteiger partial charge in [0.05, 0.1) is 10.6 Å². The molecular formula is C21H22F3N3O4S. The molecule has 2 aromatic rings. The Kier molecular flexibility index (Phi) is 7.19. The van der Waals surface area contributed by atoms with Gasteiger partial charge >= 0.3 is 0 Å². The van der Waals surface area contributed by atoms with Crippen molar-refractivity contribution in [1.29, 1.82) is 0 Å². The van der Waals surface area contributed by atoms with Gasteiger partial charge in [0.1, 0.15) is 5.82 Å². The van der Waals surface area contributed by atoms with Crippen molar-refractivity contribution >= 4 is 27.4 Å². The number of amides is 1. The van der Waals surface area contributed by atoms with Gasteiger partial charge in [-0.1, -0.05) is 0 Å². The highest BCUT2D eigenvalue weighted by Crippen LogP contribution is 2.22. The van der Waals surface area contributed by atoms with Crippen LogP contribution in [0.1, 0.15) is 23.7 Å². The van der Waals surface area contributed by atoms with Crippen molar-refractivity contribution in [3.8, 4) is 0 Å². The maximum absolute atomic E-state index is 14.3. The van der Waals surface area contributed by atoms with Crippen molar-refractivity contribution < 1.29 is 31.2 Å². The van der Waals surface area contributed by atoms with E-state index in [1.165, 1.54) is 19.1 Å². The van der Waals surface area contributed by atoms with Crippen LogP contribution in [0.3, 0.4) is 0 Å². The van der Waals surface area contributed by atoms with E-state index in [1.54, 1.807) is 15.9 Å². The minimum absolute atomic E-state index is 0.120. The molecule has 7 nitrogen and oxygen atoms in total. The minimum atomic E-state index is -4.09. The summed E-state index contributed by atoms with van der Waals surface area (Å²) >= 11 is 0. The number of Topliss-reactive ketones (excluding diaryl/α,β-unsaturated/α-hetero) is 1. The standard InChI is InChI=1S/C21H22F3N3O4S/c1-14(28)15-2-5-20(19(24)12-15)26-8-10-27(11-9-26)21(29)6-7-25-32(30,31)16-3-4-17(22)18(23)13-16/h2-5,12-13,25H,6-11H2,1H3. The first-order valence-corrected chi connectivity index (χ1v) is 11.3. The quantitative estimate of drug-likeness (QED) is 0.629. The van der Waals surface area contributed by atoms with Crippen molar-refractivity contribution in [1.82, 2.24) is 9.62 Å². The molecular weight excluding hydrogens is 447 g/mol. The highest BCUT2D eigenvalue weighted by molar-refractivity contribution is 7.89. The number of nitrogens with zero attached hydrogens (tertiary/aromatic N) is 2. The number of piperazine rings is 1. The molecule has 0 aliphatic carbocycles. The predicted octanol–water partition coefficient (Wildman–Crippen LogP) is 2.32. The van der Waals surface area contributed by atoms with Crippen LogP contribution in [0.5, 0.6) is 0 Å². The molecule has 32 heavy (non-hydrogen) atoms. The third-order valence-electron chi connectivity index (χ3n) is 5.16. The second kappa shape index (κ2) is 9.70. The molecule has 0 spiro atoms. The molecule has 11 heteroatoms. The molecule has 0 saturated carbocycles. The molecule has 172 valence electrons. The Morgan fingerprint density at radius 2 is 1.62 bits per heavy atom. The molecule has 1 heterocycles. The lowest BCUT2D eigenvalue weighted by molar-refractivity contribution is -0.131.